The van der Waals surface area contributed by atoms with Crippen molar-refractivity contribution in [2.75, 3.05) is 26.3 Å². The third-order valence-electron chi connectivity index (χ3n) is 5.25. The third-order valence-corrected chi connectivity index (χ3v) is 5.25. The van der Waals surface area contributed by atoms with Crippen molar-refractivity contribution in [3.8, 4) is 0 Å². The van der Waals surface area contributed by atoms with Crippen LogP contribution >= 0.6 is 0 Å². The number of pyridine rings is 1. The maximum absolute atomic E-state index is 13.2. The van der Waals surface area contributed by atoms with Gasteiger partial charge in [-0.3, -0.25) is 9.69 Å². The van der Waals surface area contributed by atoms with Crippen molar-refractivity contribution in [2.24, 2.45) is 0 Å². The first-order valence-corrected chi connectivity index (χ1v) is 8.37. The molecule has 1 aromatic heterocycles. The zero-order valence-electron chi connectivity index (χ0n) is 13.6. The summed E-state index contributed by atoms with van der Waals surface area (Å²) in [7, 11) is 0. The van der Waals surface area contributed by atoms with Crippen molar-refractivity contribution in [3.05, 3.63) is 29.8 Å². The summed E-state index contributed by atoms with van der Waals surface area (Å²) in [5.41, 5.74) is 0.310. The Balaban J connectivity index is 1.73. The smallest absolute Gasteiger partial charge is 0.251 e. The van der Waals surface area contributed by atoms with Gasteiger partial charge in [0.15, 0.2) is 0 Å². The molecule has 1 unspecified atom stereocenters. The second-order valence-electron chi connectivity index (χ2n) is 6.47. The van der Waals surface area contributed by atoms with E-state index in [9.17, 15) is 9.18 Å². The fraction of sp³-hybridized carbons (Fsp3) is 0.647. The topological polar surface area (TPSA) is 54.5 Å². The van der Waals surface area contributed by atoms with Crippen LogP contribution in [-0.2, 0) is 4.74 Å². The minimum absolute atomic E-state index is 0.00632. The zero-order valence-corrected chi connectivity index (χ0v) is 13.6. The van der Waals surface area contributed by atoms with Crippen molar-refractivity contribution in [1.82, 2.24) is 15.2 Å². The van der Waals surface area contributed by atoms with Gasteiger partial charge in [0, 0.05) is 42.5 Å². The summed E-state index contributed by atoms with van der Waals surface area (Å²) >= 11 is 0. The molecule has 1 aliphatic heterocycles. The Hall–Kier alpha value is -1.53. The molecule has 0 radical (unpaired) electrons. The second-order valence-corrected chi connectivity index (χ2v) is 6.47. The van der Waals surface area contributed by atoms with E-state index >= 15 is 0 Å². The lowest BCUT2D eigenvalue weighted by molar-refractivity contribution is -0.0323. The predicted molar refractivity (Wildman–Crippen MR) is 84.7 cm³/mol. The van der Waals surface area contributed by atoms with Gasteiger partial charge in [-0.05, 0) is 25.8 Å². The van der Waals surface area contributed by atoms with E-state index < -0.39 is 5.95 Å². The maximum atomic E-state index is 13.2. The van der Waals surface area contributed by atoms with Crippen LogP contribution in [0.15, 0.2) is 18.3 Å². The summed E-state index contributed by atoms with van der Waals surface area (Å²) in [5, 5.41) is 3.09. The molecular weight excluding hydrogens is 297 g/mol. The van der Waals surface area contributed by atoms with E-state index in [-0.39, 0.29) is 17.5 Å². The molecule has 0 aromatic carbocycles. The van der Waals surface area contributed by atoms with Crippen LogP contribution in [0.25, 0.3) is 0 Å². The Morgan fingerprint density at radius 1 is 1.39 bits per heavy atom. The molecule has 5 nitrogen and oxygen atoms in total. The number of carbonyl (C=O) groups excluding carboxylic acids is 1. The minimum Gasteiger partial charge on any atom is -0.379 e. The molecule has 2 aliphatic rings. The molecule has 1 atom stereocenters. The number of ether oxygens (including phenoxy) is 1. The molecule has 6 heteroatoms. The molecule has 0 bridgehead atoms. The van der Waals surface area contributed by atoms with Gasteiger partial charge in [-0.2, -0.15) is 4.39 Å². The van der Waals surface area contributed by atoms with E-state index in [0.717, 1.165) is 39.1 Å². The first-order chi connectivity index (χ1) is 11.1. The molecular formula is C17H24FN3O2. The van der Waals surface area contributed by atoms with Gasteiger partial charge in [0.1, 0.15) is 0 Å². The van der Waals surface area contributed by atoms with Gasteiger partial charge in [0.05, 0.1) is 13.2 Å². The molecule has 2 heterocycles. The van der Waals surface area contributed by atoms with Crippen molar-refractivity contribution in [3.63, 3.8) is 0 Å². The highest BCUT2D eigenvalue weighted by molar-refractivity contribution is 5.94. The van der Waals surface area contributed by atoms with Crippen LogP contribution in [0.2, 0.25) is 0 Å². The lowest BCUT2D eigenvalue weighted by Gasteiger charge is -2.47. The lowest BCUT2D eigenvalue weighted by atomic mass is 9.86. The molecule has 1 saturated heterocycles. The van der Waals surface area contributed by atoms with E-state index in [0.29, 0.717) is 5.56 Å². The lowest BCUT2D eigenvalue weighted by Crippen LogP contribution is -2.62. The molecule has 3 rings (SSSR count). The number of rotatable bonds is 4. The van der Waals surface area contributed by atoms with Crippen molar-refractivity contribution < 1.29 is 13.9 Å². The Morgan fingerprint density at radius 3 is 2.74 bits per heavy atom. The second kappa shape index (κ2) is 6.93. The van der Waals surface area contributed by atoms with Gasteiger partial charge in [0.2, 0.25) is 5.95 Å². The van der Waals surface area contributed by atoms with Crippen molar-refractivity contribution in [2.45, 2.75) is 44.2 Å². The largest absolute Gasteiger partial charge is 0.379 e. The average molecular weight is 321 g/mol. The quantitative estimate of drug-likeness (QED) is 0.862. The number of hydrogen-bond donors (Lipinski definition) is 1. The highest BCUT2D eigenvalue weighted by Crippen LogP contribution is 2.38. The summed E-state index contributed by atoms with van der Waals surface area (Å²) in [6.45, 7) is 5.38. The van der Waals surface area contributed by atoms with Gasteiger partial charge in [-0.25, -0.2) is 4.98 Å². The number of carbonyl (C=O) groups is 1. The highest BCUT2D eigenvalue weighted by Gasteiger charge is 2.45. The summed E-state index contributed by atoms with van der Waals surface area (Å²) in [6.07, 6.45) is 5.85. The van der Waals surface area contributed by atoms with E-state index in [1.54, 1.807) is 6.07 Å². The van der Waals surface area contributed by atoms with Crippen molar-refractivity contribution >= 4 is 5.91 Å². The van der Waals surface area contributed by atoms with Gasteiger partial charge >= 0.3 is 0 Å². The Labute approximate surface area is 136 Å². The Kier molecular flexibility index (Phi) is 4.92. The first kappa shape index (κ1) is 16.3. The van der Waals surface area contributed by atoms with Crippen LogP contribution in [0, 0.1) is 5.95 Å². The van der Waals surface area contributed by atoms with Gasteiger partial charge < -0.3 is 10.1 Å². The number of aromatic nitrogens is 1. The SMILES string of the molecule is CC(NC(=O)c1ccnc(F)c1)C1(N2CCOCC2)CCCC1. The van der Waals surface area contributed by atoms with Gasteiger partial charge in [-0.1, -0.05) is 12.8 Å². The zero-order chi connectivity index (χ0) is 16.3. The predicted octanol–water partition coefficient (Wildman–Crippen LogP) is 1.98. The molecule has 0 spiro atoms. The molecule has 2 fully saturated rings. The number of morpholine rings is 1. The third kappa shape index (κ3) is 3.38. The monoisotopic (exact) mass is 321 g/mol. The number of nitrogens with zero attached hydrogens (tertiary/aromatic N) is 2. The fourth-order valence-electron chi connectivity index (χ4n) is 3.98. The minimum atomic E-state index is -0.630. The molecule has 1 N–H and O–H groups in total. The number of halogens is 1. The normalized spacial score (nSPS) is 22.7. The van der Waals surface area contributed by atoms with E-state index in [1.165, 1.54) is 25.1 Å². The van der Waals surface area contributed by atoms with E-state index in [2.05, 4.69) is 22.1 Å². The van der Waals surface area contributed by atoms with Crippen LogP contribution in [0.3, 0.4) is 0 Å². The number of hydrogen-bond acceptors (Lipinski definition) is 4. The number of amides is 1. The highest BCUT2D eigenvalue weighted by atomic mass is 19.1. The first-order valence-electron chi connectivity index (χ1n) is 8.37. The van der Waals surface area contributed by atoms with Crippen LogP contribution in [0.1, 0.15) is 43.0 Å². The standard InChI is InChI=1S/C17H24FN3O2/c1-13(20-16(22)14-4-7-19-15(18)12-14)17(5-2-3-6-17)21-8-10-23-11-9-21/h4,7,12-13H,2-3,5-6,8-11H2,1H3,(H,20,22). The van der Waals surface area contributed by atoms with E-state index in [4.69, 9.17) is 4.74 Å². The Bertz CT molecular complexity index is 555. The Morgan fingerprint density at radius 2 is 2.09 bits per heavy atom. The molecule has 1 saturated carbocycles. The van der Waals surface area contributed by atoms with Crippen LogP contribution in [0.5, 0.6) is 0 Å². The molecule has 1 aliphatic carbocycles. The van der Waals surface area contributed by atoms with E-state index in [1.807, 2.05) is 0 Å². The summed E-state index contributed by atoms with van der Waals surface area (Å²) in [4.78, 5) is 18.4. The summed E-state index contributed by atoms with van der Waals surface area (Å²) in [6, 6.07) is 2.73. The van der Waals surface area contributed by atoms with Gasteiger partial charge in [0.25, 0.3) is 5.91 Å². The number of nitrogens with one attached hydrogen (secondary N) is 1. The van der Waals surface area contributed by atoms with Crippen LogP contribution < -0.4 is 5.32 Å². The summed E-state index contributed by atoms with van der Waals surface area (Å²) in [5.74, 6) is -0.868. The fourth-order valence-corrected chi connectivity index (χ4v) is 3.98. The van der Waals surface area contributed by atoms with Crippen LogP contribution in [-0.4, -0.2) is 53.7 Å². The summed E-state index contributed by atoms with van der Waals surface area (Å²) < 4.78 is 18.7. The molecule has 1 aromatic rings. The van der Waals surface area contributed by atoms with Gasteiger partial charge in [-0.15, -0.1) is 0 Å². The molecule has 126 valence electrons. The molecule has 1 amide bonds. The van der Waals surface area contributed by atoms with Crippen molar-refractivity contribution in [1.29, 1.82) is 0 Å². The molecule has 23 heavy (non-hydrogen) atoms. The van der Waals surface area contributed by atoms with Crippen LogP contribution in [0.4, 0.5) is 4.39 Å². The average Bonchev–Trinajstić information content (AvgIpc) is 3.06. The maximum Gasteiger partial charge on any atom is 0.251 e.